The lowest BCUT2D eigenvalue weighted by Crippen LogP contribution is -2.22. The number of carbonyl (C=O) groups excluding carboxylic acids is 2. The minimum Gasteiger partial charge on any atom is -0.490 e. The molecule has 27 heavy (non-hydrogen) atoms. The van der Waals surface area contributed by atoms with Crippen molar-refractivity contribution in [3.63, 3.8) is 0 Å². The third-order valence-corrected chi connectivity index (χ3v) is 6.52. The molecule has 0 fully saturated rings. The van der Waals surface area contributed by atoms with Gasteiger partial charge in [0.05, 0.1) is 27.6 Å². The van der Waals surface area contributed by atoms with Crippen molar-refractivity contribution in [1.29, 1.82) is 0 Å². The van der Waals surface area contributed by atoms with E-state index in [9.17, 15) is 9.59 Å². The summed E-state index contributed by atoms with van der Waals surface area (Å²) in [6.45, 7) is 3.97. The van der Waals surface area contributed by atoms with Crippen molar-refractivity contribution in [2.45, 2.75) is 58.8 Å². The molecule has 0 heterocycles. The molecule has 0 unspecified atom stereocenters. The largest absolute Gasteiger partial charge is 0.490 e. The van der Waals surface area contributed by atoms with Crippen molar-refractivity contribution < 1.29 is 14.3 Å². The first-order valence-corrected chi connectivity index (χ1v) is 10.8. The molecular formula is C19H23Cl5O3. The molecule has 1 rings (SSSR count). The van der Waals surface area contributed by atoms with E-state index in [1.807, 2.05) is 0 Å². The van der Waals surface area contributed by atoms with E-state index in [0.29, 0.717) is 25.9 Å². The van der Waals surface area contributed by atoms with Gasteiger partial charge in [0.1, 0.15) is 21.6 Å². The first-order valence-electron chi connectivity index (χ1n) is 8.95. The number of rotatable bonds is 12. The van der Waals surface area contributed by atoms with Gasteiger partial charge in [-0.25, -0.2) is 0 Å². The number of ether oxygens (including phenoxy) is 1. The summed E-state index contributed by atoms with van der Waals surface area (Å²) in [6, 6.07) is 0. The van der Waals surface area contributed by atoms with Crippen molar-refractivity contribution in [3.05, 3.63) is 25.1 Å². The summed E-state index contributed by atoms with van der Waals surface area (Å²) in [5.41, 5.74) is 0. The second kappa shape index (κ2) is 12.4. The third kappa shape index (κ3) is 6.97. The third-order valence-electron chi connectivity index (χ3n) is 4.28. The van der Waals surface area contributed by atoms with Crippen LogP contribution in [0.4, 0.5) is 0 Å². The lowest BCUT2D eigenvalue weighted by atomic mass is 9.90. The smallest absolute Gasteiger partial charge is 0.159 e. The van der Waals surface area contributed by atoms with Crippen LogP contribution in [0.2, 0.25) is 25.1 Å². The van der Waals surface area contributed by atoms with Crippen LogP contribution >= 0.6 is 58.0 Å². The standard InChI is InChI=1S/C19H23Cl5O3/c1-3-12(25)11(13(26)4-2)9-7-5-6-8-10-27-19-17(23)15(21)14(20)16(22)18(19)24/h11H,3-10H2,1-2H3. The van der Waals surface area contributed by atoms with Gasteiger partial charge < -0.3 is 4.74 Å². The van der Waals surface area contributed by atoms with E-state index in [-0.39, 0.29) is 42.4 Å². The van der Waals surface area contributed by atoms with Crippen molar-refractivity contribution in [1.82, 2.24) is 0 Å². The summed E-state index contributed by atoms with van der Waals surface area (Å²) in [6.07, 6.45) is 4.78. The molecule has 0 N–H and O–H groups in total. The Morgan fingerprint density at radius 2 is 1.19 bits per heavy atom. The highest BCUT2D eigenvalue weighted by Crippen LogP contribution is 2.48. The number of carbonyl (C=O) groups is 2. The first-order chi connectivity index (χ1) is 12.8. The molecule has 1 aromatic carbocycles. The maximum absolute atomic E-state index is 11.9. The lowest BCUT2D eigenvalue weighted by Gasteiger charge is -2.14. The Kier molecular flexibility index (Phi) is 11.4. The van der Waals surface area contributed by atoms with Gasteiger partial charge in [0.25, 0.3) is 0 Å². The van der Waals surface area contributed by atoms with E-state index < -0.39 is 5.92 Å². The van der Waals surface area contributed by atoms with E-state index >= 15 is 0 Å². The average Bonchev–Trinajstić information content (AvgIpc) is 2.68. The fourth-order valence-electron chi connectivity index (χ4n) is 2.68. The van der Waals surface area contributed by atoms with Gasteiger partial charge >= 0.3 is 0 Å². The summed E-state index contributed by atoms with van der Waals surface area (Å²) >= 11 is 30.2. The molecule has 0 atom stereocenters. The van der Waals surface area contributed by atoms with E-state index in [1.165, 1.54) is 0 Å². The zero-order valence-corrected chi connectivity index (χ0v) is 19.1. The highest BCUT2D eigenvalue weighted by atomic mass is 35.5. The molecule has 0 saturated heterocycles. The molecule has 1 aromatic rings. The number of hydrogen-bond donors (Lipinski definition) is 0. The number of Topliss-reactive ketones (excluding diaryl/α,β-unsaturated/α-hetero) is 2. The summed E-state index contributed by atoms with van der Waals surface area (Å²) in [7, 11) is 0. The minimum atomic E-state index is -0.452. The monoisotopic (exact) mass is 474 g/mol. The molecule has 0 amide bonds. The Morgan fingerprint density at radius 1 is 0.741 bits per heavy atom. The zero-order valence-electron chi connectivity index (χ0n) is 15.3. The van der Waals surface area contributed by atoms with Gasteiger partial charge in [-0.3, -0.25) is 9.59 Å². The van der Waals surface area contributed by atoms with Gasteiger partial charge in [0.15, 0.2) is 5.75 Å². The van der Waals surface area contributed by atoms with Crippen LogP contribution in [0.1, 0.15) is 58.8 Å². The minimum absolute atomic E-state index is 0.0333. The summed E-state index contributed by atoms with van der Waals surface area (Å²) in [5.74, 6) is -0.163. The van der Waals surface area contributed by atoms with Gasteiger partial charge in [0, 0.05) is 12.8 Å². The fraction of sp³-hybridized carbons (Fsp3) is 0.579. The summed E-state index contributed by atoms with van der Waals surface area (Å²) < 4.78 is 5.62. The number of unbranched alkanes of at least 4 members (excludes halogenated alkanes) is 3. The van der Waals surface area contributed by atoms with E-state index in [0.717, 1.165) is 25.7 Å². The predicted octanol–water partition coefficient (Wildman–Crippen LogP) is 7.86. The Morgan fingerprint density at radius 3 is 1.67 bits per heavy atom. The number of benzene rings is 1. The molecular weight excluding hydrogens is 453 g/mol. The van der Waals surface area contributed by atoms with Gasteiger partial charge in [-0.2, -0.15) is 0 Å². The molecule has 8 heteroatoms. The number of halogens is 5. The molecule has 0 aliphatic carbocycles. The Balaban J connectivity index is 2.42. The van der Waals surface area contributed by atoms with Crippen molar-refractivity contribution in [3.8, 4) is 5.75 Å². The molecule has 0 aliphatic heterocycles. The van der Waals surface area contributed by atoms with Gasteiger partial charge in [0.2, 0.25) is 0 Å². The SMILES string of the molecule is CCC(=O)C(CCCCCCOc1c(Cl)c(Cl)c(Cl)c(Cl)c1Cl)C(=O)CC. The fourth-order valence-corrected chi connectivity index (χ4v) is 3.91. The highest BCUT2D eigenvalue weighted by molar-refractivity contribution is 6.55. The normalized spacial score (nSPS) is 11.1. The lowest BCUT2D eigenvalue weighted by molar-refractivity contribution is -0.132. The van der Waals surface area contributed by atoms with Crippen LogP contribution in [0.5, 0.6) is 5.75 Å². The van der Waals surface area contributed by atoms with Crippen LogP contribution in [0.15, 0.2) is 0 Å². The topological polar surface area (TPSA) is 43.4 Å². The van der Waals surface area contributed by atoms with E-state index in [4.69, 9.17) is 62.7 Å². The molecule has 0 radical (unpaired) electrons. The van der Waals surface area contributed by atoms with E-state index in [2.05, 4.69) is 0 Å². The Bertz CT molecular complexity index is 631. The maximum atomic E-state index is 11.9. The van der Waals surface area contributed by atoms with Gasteiger partial charge in [-0.05, 0) is 12.8 Å². The van der Waals surface area contributed by atoms with Crippen molar-refractivity contribution in [2.75, 3.05) is 6.61 Å². The Hall–Kier alpha value is -0.190. The molecule has 0 aliphatic rings. The summed E-state index contributed by atoms with van der Waals surface area (Å²) in [4.78, 5) is 23.8. The van der Waals surface area contributed by atoms with Gasteiger partial charge in [-0.1, -0.05) is 91.1 Å². The van der Waals surface area contributed by atoms with Crippen molar-refractivity contribution in [2.24, 2.45) is 5.92 Å². The van der Waals surface area contributed by atoms with Crippen LogP contribution in [0.25, 0.3) is 0 Å². The summed E-state index contributed by atoms with van der Waals surface area (Å²) in [5, 5.41) is 0.577. The van der Waals surface area contributed by atoms with Crippen molar-refractivity contribution >= 4 is 69.6 Å². The van der Waals surface area contributed by atoms with Crippen LogP contribution in [0.3, 0.4) is 0 Å². The molecule has 0 aromatic heterocycles. The predicted molar refractivity (Wildman–Crippen MR) is 114 cm³/mol. The number of ketones is 2. The zero-order chi connectivity index (χ0) is 20.6. The second-order valence-electron chi connectivity index (χ2n) is 6.14. The molecule has 3 nitrogen and oxygen atoms in total. The second-order valence-corrected chi connectivity index (χ2v) is 8.03. The molecule has 0 bridgehead atoms. The quantitative estimate of drug-likeness (QED) is 0.133. The first kappa shape index (κ1) is 24.8. The van der Waals surface area contributed by atoms with E-state index in [1.54, 1.807) is 13.8 Å². The maximum Gasteiger partial charge on any atom is 0.159 e. The van der Waals surface area contributed by atoms with Crippen LogP contribution in [-0.2, 0) is 9.59 Å². The molecule has 0 spiro atoms. The average molecular weight is 477 g/mol. The van der Waals surface area contributed by atoms with Gasteiger partial charge in [-0.15, -0.1) is 0 Å². The van der Waals surface area contributed by atoms with Crippen LogP contribution in [-0.4, -0.2) is 18.2 Å². The highest BCUT2D eigenvalue weighted by Gasteiger charge is 2.23. The Labute approximate surface area is 185 Å². The van der Waals surface area contributed by atoms with Crippen LogP contribution < -0.4 is 4.74 Å². The molecule has 0 saturated carbocycles. The number of hydrogen-bond acceptors (Lipinski definition) is 3. The molecule has 152 valence electrons. The van der Waals surface area contributed by atoms with Crippen LogP contribution in [0, 0.1) is 5.92 Å².